The van der Waals surface area contributed by atoms with Crippen molar-refractivity contribution in [2.24, 2.45) is 0 Å². The maximum Gasteiger partial charge on any atom is 0.334 e. The molecule has 6 heteroatoms. The predicted molar refractivity (Wildman–Crippen MR) is 104 cm³/mol. The third-order valence-electron chi connectivity index (χ3n) is 4.85. The molecule has 1 amide bonds. The van der Waals surface area contributed by atoms with Crippen molar-refractivity contribution in [2.45, 2.75) is 33.0 Å². The molecule has 0 aromatic heterocycles. The summed E-state index contributed by atoms with van der Waals surface area (Å²) in [5, 5.41) is 12.6. The molecule has 1 aliphatic rings. The fourth-order valence-electron chi connectivity index (χ4n) is 3.23. The molecule has 0 aliphatic carbocycles. The van der Waals surface area contributed by atoms with Gasteiger partial charge in [0.05, 0.1) is 23.9 Å². The van der Waals surface area contributed by atoms with Gasteiger partial charge in [-0.2, -0.15) is 0 Å². The molecule has 0 saturated carbocycles. The van der Waals surface area contributed by atoms with Crippen molar-refractivity contribution in [3.63, 3.8) is 0 Å². The summed E-state index contributed by atoms with van der Waals surface area (Å²) >= 11 is 0. The van der Waals surface area contributed by atoms with Crippen LogP contribution in [-0.4, -0.2) is 47.2 Å². The van der Waals surface area contributed by atoms with Gasteiger partial charge in [0.15, 0.2) is 6.10 Å². The molecule has 1 aliphatic heterocycles. The molecule has 0 spiro atoms. The second-order valence-electron chi connectivity index (χ2n) is 6.90. The van der Waals surface area contributed by atoms with E-state index in [1.54, 1.807) is 24.0 Å². The number of morpholine rings is 1. The van der Waals surface area contributed by atoms with Crippen LogP contribution >= 0.6 is 0 Å². The zero-order chi connectivity index (χ0) is 19.6. The Labute approximate surface area is 158 Å². The summed E-state index contributed by atoms with van der Waals surface area (Å²) in [6, 6.07) is 13.3. The summed E-state index contributed by atoms with van der Waals surface area (Å²) in [7, 11) is 0. The topological polar surface area (TPSA) is 78.9 Å². The minimum atomic E-state index is -1.05. The van der Waals surface area contributed by atoms with E-state index < -0.39 is 12.1 Å². The summed E-state index contributed by atoms with van der Waals surface area (Å²) in [6.07, 6.45) is -1.33. The molecule has 27 heavy (non-hydrogen) atoms. The first-order valence-corrected chi connectivity index (χ1v) is 8.96. The van der Waals surface area contributed by atoms with Crippen LogP contribution in [0.3, 0.4) is 0 Å². The lowest BCUT2D eigenvalue weighted by molar-refractivity contribution is -0.160. The van der Waals surface area contributed by atoms with E-state index in [0.717, 1.165) is 16.8 Å². The second kappa shape index (κ2) is 7.80. The Bertz CT molecular complexity index is 865. The molecule has 1 unspecified atom stereocenters. The van der Waals surface area contributed by atoms with Gasteiger partial charge in [0, 0.05) is 12.2 Å². The number of hydrogen-bond acceptors (Lipinski definition) is 4. The number of carbonyl (C=O) groups excluding carboxylic acids is 1. The van der Waals surface area contributed by atoms with Gasteiger partial charge in [0.25, 0.3) is 5.91 Å². The molecule has 142 valence electrons. The number of nitrogens with zero attached hydrogens (tertiary/aromatic N) is 1. The number of benzene rings is 2. The highest BCUT2D eigenvalue weighted by molar-refractivity contribution is 6.00. The highest BCUT2D eigenvalue weighted by Crippen LogP contribution is 2.27. The molecule has 2 aromatic carbocycles. The number of amides is 1. The van der Waals surface area contributed by atoms with Crippen molar-refractivity contribution in [2.75, 3.05) is 18.4 Å². The molecular formula is C21H24N2O4. The summed E-state index contributed by atoms with van der Waals surface area (Å²) in [5.41, 5.74) is 4.42. The van der Waals surface area contributed by atoms with Crippen LogP contribution in [-0.2, 0) is 9.53 Å². The van der Waals surface area contributed by atoms with E-state index in [9.17, 15) is 14.7 Å². The Morgan fingerprint density at radius 1 is 1.07 bits per heavy atom. The molecule has 1 saturated heterocycles. The van der Waals surface area contributed by atoms with Crippen molar-refractivity contribution >= 4 is 23.3 Å². The van der Waals surface area contributed by atoms with E-state index in [0.29, 0.717) is 17.8 Å². The van der Waals surface area contributed by atoms with Crippen LogP contribution < -0.4 is 5.32 Å². The van der Waals surface area contributed by atoms with E-state index in [2.05, 4.69) is 5.32 Å². The van der Waals surface area contributed by atoms with Crippen molar-refractivity contribution in [3.8, 4) is 0 Å². The van der Waals surface area contributed by atoms with Crippen molar-refractivity contribution in [1.29, 1.82) is 0 Å². The zero-order valence-electron chi connectivity index (χ0n) is 15.7. The quantitative estimate of drug-likeness (QED) is 0.865. The number of hydrogen-bond donors (Lipinski definition) is 2. The Morgan fingerprint density at radius 3 is 2.52 bits per heavy atom. The lowest BCUT2D eigenvalue weighted by Crippen LogP contribution is -2.51. The molecule has 2 N–H and O–H groups in total. The van der Waals surface area contributed by atoms with E-state index >= 15 is 0 Å². The Kier molecular flexibility index (Phi) is 5.46. The average molecular weight is 368 g/mol. The highest BCUT2D eigenvalue weighted by Gasteiger charge is 2.33. The molecular weight excluding hydrogens is 344 g/mol. The monoisotopic (exact) mass is 368 g/mol. The maximum absolute atomic E-state index is 13.1. The van der Waals surface area contributed by atoms with Gasteiger partial charge >= 0.3 is 5.97 Å². The van der Waals surface area contributed by atoms with Gasteiger partial charge in [0.2, 0.25) is 0 Å². The van der Waals surface area contributed by atoms with Crippen molar-refractivity contribution in [1.82, 2.24) is 4.90 Å². The lowest BCUT2D eigenvalue weighted by Gasteiger charge is -2.35. The number of carboxylic acid groups (broad SMARTS) is 1. The normalized spacial score (nSPS) is 19.6. The van der Waals surface area contributed by atoms with Crippen LogP contribution in [0.25, 0.3) is 0 Å². The van der Waals surface area contributed by atoms with Gasteiger partial charge in [0.1, 0.15) is 0 Å². The largest absolute Gasteiger partial charge is 0.479 e. The molecule has 6 nitrogen and oxygen atoms in total. The van der Waals surface area contributed by atoms with Gasteiger partial charge < -0.3 is 20.1 Å². The van der Waals surface area contributed by atoms with Crippen LogP contribution in [0, 0.1) is 13.8 Å². The van der Waals surface area contributed by atoms with Crippen molar-refractivity contribution in [3.05, 3.63) is 59.2 Å². The Morgan fingerprint density at radius 2 is 1.78 bits per heavy atom. The molecule has 2 atom stereocenters. The number of aliphatic carboxylic acids is 1. The highest BCUT2D eigenvalue weighted by atomic mass is 16.5. The minimum Gasteiger partial charge on any atom is -0.479 e. The molecule has 2 aromatic rings. The minimum absolute atomic E-state index is 0.0380. The van der Waals surface area contributed by atoms with Crippen LogP contribution in [0.4, 0.5) is 11.4 Å². The Balaban J connectivity index is 1.88. The second-order valence-corrected chi connectivity index (χ2v) is 6.90. The number of rotatable bonds is 4. The van der Waals surface area contributed by atoms with Crippen LogP contribution in [0.15, 0.2) is 42.5 Å². The molecule has 1 heterocycles. The SMILES string of the molecule is Cc1cccc(Nc2ccccc2C(=O)N2CC(C(=O)O)O[C@H](C)C2)c1C. The average Bonchev–Trinajstić information content (AvgIpc) is 2.65. The summed E-state index contributed by atoms with van der Waals surface area (Å²) < 4.78 is 5.41. The van der Waals surface area contributed by atoms with Gasteiger partial charge in [-0.15, -0.1) is 0 Å². The number of carbonyl (C=O) groups is 2. The van der Waals surface area contributed by atoms with Gasteiger partial charge in [-0.3, -0.25) is 4.79 Å². The van der Waals surface area contributed by atoms with E-state index in [4.69, 9.17) is 4.74 Å². The fraction of sp³-hybridized carbons (Fsp3) is 0.333. The lowest BCUT2D eigenvalue weighted by atomic mass is 10.1. The zero-order valence-corrected chi connectivity index (χ0v) is 15.7. The third-order valence-corrected chi connectivity index (χ3v) is 4.85. The fourth-order valence-corrected chi connectivity index (χ4v) is 3.23. The first-order valence-electron chi connectivity index (χ1n) is 8.96. The molecule has 0 radical (unpaired) electrons. The molecule has 0 bridgehead atoms. The Hall–Kier alpha value is -2.86. The summed E-state index contributed by atoms with van der Waals surface area (Å²) in [4.78, 5) is 26.0. The standard InChI is InChI=1S/C21H24N2O4/c1-13-7-6-10-17(15(13)3)22-18-9-5-4-8-16(18)20(24)23-11-14(2)27-19(12-23)21(25)26/h4-10,14,19,22H,11-12H2,1-3H3,(H,25,26)/t14-,19?/m1/s1. The van der Waals surface area contributed by atoms with Gasteiger partial charge in [-0.25, -0.2) is 4.79 Å². The number of anilines is 2. The smallest absolute Gasteiger partial charge is 0.334 e. The number of para-hydroxylation sites is 1. The van der Waals surface area contributed by atoms with Gasteiger partial charge in [-0.1, -0.05) is 24.3 Å². The van der Waals surface area contributed by atoms with E-state index in [1.807, 2.05) is 44.2 Å². The summed E-state index contributed by atoms with van der Waals surface area (Å²) in [5.74, 6) is -1.26. The molecule has 3 rings (SSSR count). The van der Waals surface area contributed by atoms with Crippen molar-refractivity contribution < 1.29 is 19.4 Å². The first-order chi connectivity index (χ1) is 12.9. The van der Waals surface area contributed by atoms with Crippen LogP contribution in [0.2, 0.25) is 0 Å². The van der Waals surface area contributed by atoms with Gasteiger partial charge in [-0.05, 0) is 50.1 Å². The molecule has 1 fully saturated rings. The number of nitrogens with one attached hydrogen (secondary N) is 1. The first kappa shape index (κ1) is 18.9. The van der Waals surface area contributed by atoms with Crippen LogP contribution in [0.1, 0.15) is 28.4 Å². The summed E-state index contributed by atoms with van der Waals surface area (Å²) in [6.45, 7) is 6.24. The maximum atomic E-state index is 13.1. The number of aryl methyl sites for hydroxylation is 1. The number of ether oxygens (including phenoxy) is 1. The predicted octanol–water partition coefficient (Wildman–Crippen LogP) is 3.36. The number of carboxylic acids is 1. The van der Waals surface area contributed by atoms with E-state index in [-0.39, 0.29) is 18.6 Å². The van der Waals surface area contributed by atoms with Crippen LogP contribution in [0.5, 0.6) is 0 Å². The third kappa shape index (κ3) is 4.11. The van der Waals surface area contributed by atoms with E-state index in [1.165, 1.54) is 0 Å².